The number of ether oxygens (including phenoxy) is 3. The van der Waals surface area contributed by atoms with Gasteiger partial charge in [-0.1, -0.05) is 25.5 Å². The summed E-state index contributed by atoms with van der Waals surface area (Å²) in [4.78, 5) is 26.6. The van der Waals surface area contributed by atoms with Crippen LogP contribution in [0.2, 0.25) is 0 Å². The molecule has 14 atom stereocenters. The van der Waals surface area contributed by atoms with Gasteiger partial charge in [-0.2, -0.15) is 0 Å². The third-order valence-corrected chi connectivity index (χ3v) is 13.1. The van der Waals surface area contributed by atoms with Crippen LogP contribution >= 0.6 is 0 Å². The number of hydrogen-bond acceptors (Lipinski definition) is 11. The molecule has 0 aromatic heterocycles. The summed E-state index contributed by atoms with van der Waals surface area (Å²) in [6.45, 7) is 7.54. The van der Waals surface area contributed by atoms with Crippen LogP contribution in [0.1, 0.15) is 79.1 Å². The molecule has 4 fully saturated rings. The minimum Gasteiger partial charge on any atom is -0.455 e. The van der Waals surface area contributed by atoms with E-state index < -0.39 is 60.6 Å². The Morgan fingerprint density at radius 2 is 1.76 bits per heavy atom. The number of fused-ring (bicyclic) bond motifs is 5. The summed E-state index contributed by atoms with van der Waals surface area (Å²) >= 11 is 0. The molecule has 45 heavy (non-hydrogen) atoms. The number of hydrogen-bond donors (Lipinski definition) is 6. The van der Waals surface area contributed by atoms with Gasteiger partial charge in [-0.05, 0) is 87.0 Å². The topological polar surface area (TPSA) is 183 Å². The summed E-state index contributed by atoms with van der Waals surface area (Å²) in [5.74, 6) is -0.165. The number of carbonyl (C=O) groups excluding carboxylic acids is 2. The molecule has 0 bridgehead atoms. The molecule has 6 N–H and O–H groups in total. The number of carbonyl (C=O) groups is 2. The Balaban J connectivity index is 1.18. The van der Waals surface area contributed by atoms with E-state index in [2.05, 4.69) is 13.8 Å². The smallest absolute Gasteiger partial charge is 0.336 e. The van der Waals surface area contributed by atoms with E-state index in [1.807, 2.05) is 19.9 Å². The molecule has 6 aliphatic rings. The molecule has 0 spiro atoms. The average Bonchev–Trinajstić information content (AvgIpc) is 3.34. The van der Waals surface area contributed by atoms with Crippen molar-refractivity contribution in [3.8, 4) is 0 Å². The van der Waals surface area contributed by atoms with Crippen molar-refractivity contribution in [1.82, 2.24) is 0 Å². The van der Waals surface area contributed by atoms with Gasteiger partial charge in [0.15, 0.2) is 12.1 Å². The van der Waals surface area contributed by atoms with Gasteiger partial charge in [0, 0.05) is 18.8 Å². The van der Waals surface area contributed by atoms with Crippen molar-refractivity contribution >= 4 is 11.8 Å². The minimum atomic E-state index is -1.59. The van der Waals surface area contributed by atoms with Gasteiger partial charge in [-0.25, -0.2) is 4.79 Å². The second-order valence-electron chi connectivity index (χ2n) is 15.2. The van der Waals surface area contributed by atoms with Crippen molar-refractivity contribution in [1.29, 1.82) is 0 Å². The number of ketones is 1. The number of rotatable bonds is 6. The number of aliphatic hydroxyl groups is 6. The zero-order valence-corrected chi connectivity index (χ0v) is 26.7. The molecule has 6 rings (SSSR count). The van der Waals surface area contributed by atoms with Gasteiger partial charge < -0.3 is 44.8 Å². The van der Waals surface area contributed by atoms with Crippen LogP contribution in [-0.2, 0) is 23.8 Å². The van der Waals surface area contributed by atoms with Crippen LogP contribution in [0.5, 0.6) is 0 Å². The van der Waals surface area contributed by atoms with Crippen LogP contribution in [0.25, 0.3) is 0 Å². The molecule has 0 radical (unpaired) electrons. The molecule has 252 valence electrons. The third-order valence-electron chi connectivity index (χ3n) is 13.1. The Hall–Kier alpha value is -1.70. The van der Waals surface area contributed by atoms with Crippen molar-refractivity contribution in [2.45, 2.75) is 127 Å². The monoisotopic (exact) mass is 634 g/mol. The van der Waals surface area contributed by atoms with E-state index in [-0.39, 0.29) is 48.4 Å². The van der Waals surface area contributed by atoms with Crippen LogP contribution in [0.4, 0.5) is 0 Å². The predicted octanol–water partition coefficient (Wildman–Crippen LogP) is 1.30. The highest BCUT2D eigenvalue weighted by Gasteiger charge is 2.64. The molecule has 5 unspecified atom stereocenters. The van der Waals surface area contributed by atoms with E-state index in [0.29, 0.717) is 35.8 Å². The summed E-state index contributed by atoms with van der Waals surface area (Å²) in [5.41, 5.74) is -0.443. The summed E-state index contributed by atoms with van der Waals surface area (Å²) in [5, 5.41) is 62.1. The molecule has 1 saturated heterocycles. The van der Waals surface area contributed by atoms with Crippen molar-refractivity contribution in [2.24, 2.45) is 35.0 Å². The van der Waals surface area contributed by atoms with E-state index in [1.54, 1.807) is 0 Å². The molecule has 2 heterocycles. The first-order valence-electron chi connectivity index (χ1n) is 16.6. The van der Waals surface area contributed by atoms with Gasteiger partial charge >= 0.3 is 5.97 Å². The lowest BCUT2D eigenvalue weighted by Gasteiger charge is -2.57. The van der Waals surface area contributed by atoms with Crippen molar-refractivity contribution in [3.05, 3.63) is 22.8 Å². The molecule has 11 heteroatoms. The largest absolute Gasteiger partial charge is 0.455 e. The van der Waals surface area contributed by atoms with Crippen molar-refractivity contribution in [3.63, 3.8) is 0 Å². The minimum absolute atomic E-state index is 0.0426. The SMILES string of the molecule is CC1=C(CO)C(=O)O[C@@](C)([C@@H](C)[C@H]2CC[C@H]3[C@@H]4CC=C5C[C@@H](OC6OC(CO)C(O)C(O)C6O)CC(=O)[C@]5(O)[C@H]4CC[C@]23C)C1. The fourth-order valence-electron chi connectivity index (χ4n) is 10.4. The first-order valence-corrected chi connectivity index (χ1v) is 16.6. The van der Waals surface area contributed by atoms with E-state index in [4.69, 9.17) is 14.2 Å². The fraction of sp³-hybridized carbons (Fsp3) is 0.824. The quantitative estimate of drug-likeness (QED) is 0.183. The number of Topliss-reactive ketones (excluding diaryl/α,β-unsaturated/α-hetero) is 1. The summed E-state index contributed by atoms with van der Waals surface area (Å²) in [7, 11) is 0. The third kappa shape index (κ3) is 5.08. The van der Waals surface area contributed by atoms with Gasteiger partial charge in [-0.3, -0.25) is 4.79 Å². The summed E-state index contributed by atoms with van der Waals surface area (Å²) < 4.78 is 17.5. The number of cyclic esters (lactones) is 1. The zero-order chi connectivity index (χ0) is 32.6. The Labute approximate surface area is 264 Å². The van der Waals surface area contributed by atoms with Gasteiger partial charge in [0.05, 0.1) is 24.9 Å². The molecule has 0 aromatic rings. The van der Waals surface area contributed by atoms with Crippen LogP contribution in [0.15, 0.2) is 22.8 Å². The maximum Gasteiger partial charge on any atom is 0.336 e. The first-order chi connectivity index (χ1) is 21.2. The maximum atomic E-state index is 13.8. The molecule has 0 amide bonds. The molecule has 11 nitrogen and oxygen atoms in total. The lowest BCUT2D eigenvalue weighted by atomic mass is 9.49. The highest BCUT2D eigenvalue weighted by atomic mass is 16.7. The molecular weight excluding hydrogens is 584 g/mol. The van der Waals surface area contributed by atoms with E-state index in [9.17, 15) is 40.2 Å². The van der Waals surface area contributed by atoms with Gasteiger partial charge in [0.1, 0.15) is 35.6 Å². The van der Waals surface area contributed by atoms with Gasteiger partial charge in [0.25, 0.3) is 0 Å². The van der Waals surface area contributed by atoms with Gasteiger partial charge in [-0.15, -0.1) is 0 Å². The Morgan fingerprint density at radius 1 is 1.02 bits per heavy atom. The van der Waals surface area contributed by atoms with Gasteiger partial charge in [0.2, 0.25) is 0 Å². The summed E-state index contributed by atoms with van der Waals surface area (Å²) in [6, 6.07) is 0. The molecule has 4 aliphatic carbocycles. The average molecular weight is 635 g/mol. The summed E-state index contributed by atoms with van der Waals surface area (Å²) in [6.07, 6.45) is -0.778. The predicted molar refractivity (Wildman–Crippen MR) is 159 cm³/mol. The van der Waals surface area contributed by atoms with Crippen molar-refractivity contribution < 1.29 is 54.4 Å². The molecule has 3 saturated carbocycles. The van der Waals surface area contributed by atoms with E-state index in [0.717, 1.165) is 31.3 Å². The van der Waals surface area contributed by atoms with Crippen LogP contribution in [0, 0.1) is 35.0 Å². The lowest BCUT2D eigenvalue weighted by molar-refractivity contribution is -0.312. The van der Waals surface area contributed by atoms with Crippen molar-refractivity contribution in [2.75, 3.05) is 13.2 Å². The second-order valence-corrected chi connectivity index (χ2v) is 15.2. The normalized spacial score (nSPS) is 49.1. The van der Waals surface area contributed by atoms with E-state index >= 15 is 0 Å². The molecular formula is C34H50O11. The standard InChI is InChI=1S/C34H50O11/c1-16-13-33(4,45-30(41)21(16)14-35)17(2)22-7-8-23-20-6-5-18-11-19(43-31-29(40)28(39)27(38)25(15-36)44-31)12-26(37)34(18,42)24(20)9-10-32(22,23)3/h5,17,19-20,22-25,27-29,31,35-36,38-40,42H,6-15H2,1-4H3/t17-,19+,20-,22+,23-,24-,25?,27?,28?,29?,31?,32+,33+,34+/m0/s1. The van der Waals surface area contributed by atoms with Crippen LogP contribution < -0.4 is 0 Å². The Kier molecular flexibility index (Phi) is 8.69. The highest BCUT2D eigenvalue weighted by molar-refractivity contribution is 5.93. The number of aliphatic hydroxyl groups excluding tert-OH is 5. The highest BCUT2D eigenvalue weighted by Crippen LogP contribution is 2.66. The van der Waals surface area contributed by atoms with E-state index in [1.165, 1.54) is 0 Å². The fourth-order valence-corrected chi connectivity index (χ4v) is 10.4. The lowest BCUT2D eigenvalue weighted by Crippen LogP contribution is -2.62. The van der Waals surface area contributed by atoms with Crippen LogP contribution in [0.3, 0.4) is 0 Å². The first kappa shape index (κ1) is 33.2. The maximum absolute atomic E-state index is 13.8. The van der Waals surface area contributed by atoms with Crippen LogP contribution in [-0.4, -0.2) is 104 Å². The number of allylic oxidation sites excluding steroid dienone is 1. The zero-order valence-electron chi connectivity index (χ0n) is 26.7. The Bertz CT molecular complexity index is 1260. The molecule has 0 aromatic carbocycles. The molecule has 2 aliphatic heterocycles. The second kappa shape index (κ2) is 11.8. The number of esters is 1. The Morgan fingerprint density at radius 3 is 2.42 bits per heavy atom.